The number of hydrogen-bond acceptors (Lipinski definition) is 4. The van der Waals surface area contributed by atoms with Crippen LogP contribution in [0.15, 0.2) is 24.3 Å². The normalized spacial score (nSPS) is 10.8. The van der Waals surface area contributed by atoms with E-state index < -0.39 is 5.97 Å². The molecule has 0 fully saturated rings. The lowest BCUT2D eigenvalue weighted by Gasteiger charge is -2.16. The fraction of sp³-hybridized carbons (Fsp3) is 0.357. The number of aliphatic carboxylic acids is 1. The molecule has 0 radical (unpaired) electrons. The summed E-state index contributed by atoms with van der Waals surface area (Å²) in [5, 5.41) is 8.75. The Kier molecular flexibility index (Phi) is 4.85. The van der Waals surface area contributed by atoms with Crippen LogP contribution in [0, 0.1) is 0 Å². The quantitative estimate of drug-likeness (QED) is 0.874. The Balaban J connectivity index is 2.29. The number of para-hydroxylation sites is 2. The number of aromatic nitrogens is 2. The van der Waals surface area contributed by atoms with Crippen molar-refractivity contribution in [3.05, 3.63) is 30.1 Å². The maximum atomic E-state index is 12.2. The van der Waals surface area contributed by atoms with Crippen molar-refractivity contribution < 1.29 is 14.7 Å². The Labute approximate surface area is 126 Å². The first-order valence-electron chi connectivity index (χ1n) is 6.41. The summed E-state index contributed by atoms with van der Waals surface area (Å²) in [5.41, 5.74) is 1.73. The maximum absolute atomic E-state index is 12.2. The molecule has 1 amide bonds. The highest BCUT2D eigenvalue weighted by atomic mass is 32.2. The Bertz CT molecular complexity index is 669. The molecule has 2 aromatic rings. The number of rotatable bonds is 6. The van der Waals surface area contributed by atoms with Gasteiger partial charge in [0.25, 0.3) is 0 Å². The minimum Gasteiger partial charge on any atom is -0.480 e. The third kappa shape index (κ3) is 3.55. The van der Waals surface area contributed by atoms with Gasteiger partial charge >= 0.3 is 5.97 Å². The molecule has 1 aromatic heterocycles. The smallest absolute Gasteiger partial charge is 0.323 e. The fourth-order valence-electron chi connectivity index (χ4n) is 2.09. The number of thioether (sulfide) groups is 1. The molecule has 1 aromatic carbocycles. The monoisotopic (exact) mass is 307 g/mol. The van der Waals surface area contributed by atoms with Crippen LogP contribution in [0.5, 0.6) is 0 Å². The Morgan fingerprint density at radius 2 is 2.10 bits per heavy atom. The summed E-state index contributed by atoms with van der Waals surface area (Å²) in [6, 6.07) is 7.62. The van der Waals surface area contributed by atoms with E-state index in [4.69, 9.17) is 5.11 Å². The van der Waals surface area contributed by atoms with Crippen LogP contribution in [0.25, 0.3) is 11.0 Å². The van der Waals surface area contributed by atoms with Crippen molar-refractivity contribution in [2.75, 3.05) is 19.8 Å². The molecule has 0 bridgehead atoms. The van der Waals surface area contributed by atoms with Gasteiger partial charge in [0.15, 0.2) is 0 Å². The predicted molar refractivity (Wildman–Crippen MR) is 82.2 cm³/mol. The van der Waals surface area contributed by atoms with Crippen molar-refractivity contribution in [2.45, 2.75) is 12.3 Å². The third-order valence-electron chi connectivity index (χ3n) is 3.10. The molecule has 0 atom stereocenters. The first-order valence-corrected chi connectivity index (χ1v) is 7.81. The molecule has 21 heavy (non-hydrogen) atoms. The Morgan fingerprint density at radius 1 is 1.38 bits per heavy atom. The third-order valence-corrected chi connectivity index (χ3v) is 3.65. The number of carboxylic acids is 1. The van der Waals surface area contributed by atoms with Gasteiger partial charge in [-0.1, -0.05) is 12.1 Å². The molecule has 1 N–H and O–H groups in total. The molecule has 0 saturated heterocycles. The Morgan fingerprint density at radius 3 is 2.76 bits per heavy atom. The van der Waals surface area contributed by atoms with Crippen LogP contribution in [-0.2, 0) is 21.9 Å². The van der Waals surface area contributed by atoms with Gasteiger partial charge in [0.1, 0.15) is 18.9 Å². The van der Waals surface area contributed by atoms with Crippen molar-refractivity contribution in [2.24, 2.45) is 0 Å². The van der Waals surface area contributed by atoms with Crippen molar-refractivity contribution in [3.8, 4) is 0 Å². The van der Waals surface area contributed by atoms with Gasteiger partial charge in [-0.05, 0) is 18.4 Å². The van der Waals surface area contributed by atoms with Crippen LogP contribution >= 0.6 is 11.8 Å². The zero-order valence-electron chi connectivity index (χ0n) is 11.9. The number of imidazole rings is 1. The second kappa shape index (κ2) is 6.62. The molecule has 0 aliphatic heterocycles. The SMILES string of the molecule is CSCc1nc2ccccc2n1CC(=O)N(C)CC(=O)O. The molecule has 6 nitrogen and oxygen atoms in total. The average Bonchev–Trinajstić information content (AvgIpc) is 2.76. The number of amides is 1. The highest BCUT2D eigenvalue weighted by Gasteiger charge is 2.17. The van der Waals surface area contributed by atoms with Crippen LogP contribution < -0.4 is 0 Å². The van der Waals surface area contributed by atoms with E-state index in [1.54, 1.807) is 11.8 Å². The lowest BCUT2D eigenvalue weighted by Crippen LogP contribution is -2.34. The number of nitrogens with zero attached hydrogens (tertiary/aromatic N) is 3. The Hall–Kier alpha value is -2.02. The summed E-state index contributed by atoms with van der Waals surface area (Å²) in [7, 11) is 1.49. The van der Waals surface area contributed by atoms with Gasteiger partial charge in [0.05, 0.1) is 16.8 Å². The molecular weight excluding hydrogens is 290 g/mol. The van der Waals surface area contributed by atoms with E-state index in [0.29, 0.717) is 5.75 Å². The zero-order chi connectivity index (χ0) is 15.4. The number of fused-ring (bicyclic) bond motifs is 1. The predicted octanol–water partition coefficient (Wildman–Crippen LogP) is 1.44. The van der Waals surface area contributed by atoms with Gasteiger partial charge in [-0.15, -0.1) is 0 Å². The molecule has 0 saturated carbocycles. The first-order chi connectivity index (χ1) is 10.0. The molecule has 0 aliphatic rings. The van der Waals surface area contributed by atoms with Crippen LogP contribution in [0.1, 0.15) is 5.82 Å². The highest BCUT2D eigenvalue weighted by Crippen LogP contribution is 2.19. The van der Waals surface area contributed by atoms with Gasteiger partial charge < -0.3 is 14.6 Å². The number of carbonyl (C=O) groups is 2. The van der Waals surface area contributed by atoms with E-state index in [1.807, 2.05) is 35.1 Å². The van der Waals surface area contributed by atoms with Crippen molar-refractivity contribution >= 4 is 34.7 Å². The molecule has 1 heterocycles. The lowest BCUT2D eigenvalue weighted by atomic mass is 10.3. The standard InChI is InChI=1S/C14H17N3O3S/c1-16(8-14(19)20)13(18)7-17-11-6-4-3-5-10(11)15-12(17)9-21-2/h3-6H,7-9H2,1-2H3,(H,19,20). The molecule has 2 rings (SSSR count). The van der Waals surface area contributed by atoms with Gasteiger partial charge in [-0.3, -0.25) is 9.59 Å². The van der Waals surface area contributed by atoms with E-state index in [1.165, 1.54) is 11.9 Å². The summed E-state index contributed by atoms with van der Waals surface area (Å²) < 4.78 is 1.85. The summed E-state index contributed by atoms with van der Waals surface area (Å²) in [6.45, 7) is -0.205. The average molecular weight is 307 g/mol. The highest BCUT2D eigenvalue weighted by molar-refractivity contribution is 7.97. The minimum absolute atomic E-state index is 0.0974. The van der Waals surface area contributed by atoms with E-state index in [-0.39, 0.29) is 19.0 Å². The molecule has 112 valence electrons. The topological polar surface area (TPSA) is 75.4 Å². The van der Waals surface area contributed by atoms with E-state index >= 15 is 0 Å². The van der Waals surface area contributed by atoms with Crippen molar-refractivity contribution in [1.82, 2.24) is 14.5 Å². The number of benzene rings is 1. The van der Waals surface area contributed by atoms with E-state index in [2.05, 4.69) is 4.98 Å². The van der Waals surface area contributed by atoms with Gasteiger partial charge in [0.2, 0.25) is 5.91 Å². The number of hydrogen-bond donors (Lipinski definition) is 1. The van der Waals surface area contributed by atoms with Crippen LogP contribution in [-0.4, -0.2) is 51.3 Å². The molecule has 7 heteroatoms. The van der Waals surface area contributed by atoms with Crippen molar-refractivity contribution in [3.63, 3.8) is 0 Å². The number of carboxylic acid groups (broad SMARTS) is 1. The van der Waals surface area contributed by atoms with E-state index in [9.17, 15) is 9.59 Å². The fourth-order valence-corrected chi connectivity index (χ4v) is 2.57. The van der Waals surface area contributed by atoms with Crippen LogP contribution in [0.3, 0.4) is 0 Å². The largest absolute Gasteiger partial charge is 0.480 e. The van der Waals surface area contributed by atoms with Gasteiger partial charge in [0, 0.05) is 7.05 Å². The number of likely N-dealkylation sites (N-methyl/N-ethyl adjacent to an activating group) is 1. The van der Waals surface area contributed by atoms with Crippen molar-refractivity contribution in [1.29, 1.82) is 0 Å². The molecule has 0 spiro atoms. The zero-order valence-corrected chi connectivity index (χ0v) is 12.8. The molecule has 0 unspecified atom stereocenters. The summed E-state index contributed by atoms with van der Waals surface area (Å²) in [6.07, 6.45) is 1.97. The van der Waals surface area contributed by atoms with Gasteiger partial charge in [-0.2, -0.15) is 11.8 Å². The second-order valence-corrected chi connectivity index (χ2v) is 5.55. The summed E-state index contributed by atoms with van der Waals surface area (Å²) in [4.78, 5) is 28.6. The van der Waals surface area contributed by atoms with E-state index in [0.717, 1.165) is 16.9 Å². The second-order valence-electron chi connectivity index (χ2n) is 4.68. The molecule has 0 aliphatic carbocycles. The maximum Gasteiger partial charge on any atom is 0.323 e. The molecular formula is C14H17N3O3S. The van der Waals surface area contributed by atoms with Gasteiger partial charge in [-0.25, -0.2) is 4.98 Å². The summed E-state index contributed by atoms with van der Waals surface area (Å²) in [5.74, 6) is 0.249. The first kappa shape index (κ1) is 15.4. The van der Waals surface area contributed by atoms with Crippen LogP contribution in [0.4, 0.5) is 0 Å². The summed E-state index contributed by atoms with van der Waals surface area (Å²) >= 11 is 1.63. The van der Waals surface area contributed by atoms with Crippen LogP contribution in [0.2, 0.25) is 0 Å². The minimum atomic E-state index is -1.02. The number of carbonyl (C=O) groups excluding carboxylic acids is 1. The lowest BCUT2D eigenvalue weighted by molar-refractivity contribution is -0.143.